The Morgan fingerprint density at radius 3 is 2.80 bits per heavy atom. The maximum atomic E-state index is 13.0. The van der Waals surface area contributed by atoms with Crippen LogP contribution in [-0.2, 0) is 16.9 Å². The zero-order chi connectivity index (χ0) is 21.0. The minimum absolute atomic E-state index is 0.0841. The maximum absolute atomic E-state index is 13.0. The van der Waals surface area contributed by atoms with Crippen LogP contribution in [0.4, 0.5) is 4.79 Å². The van der Waals surface area contributed by atoms with Gasteiger partial charge in [-0.05, 0) is 36.2 Å². The quantitative estimate of drug-likeness (QED) is 0.639. The van der Waals surface area contributed by atoms with Crippen molar-refractivity contribution in [2.75, 3.05) is 13.7 Å². The first kappa shape index (κ1) is 18.2. The first-order chi connectivity index (χ1) is 14.4. The van der Waals surface area contributed by atoms with Crippen molar-refractivity contribution in [1.82, 2.24) is 20.5 Å². The van der Waals surface area contributed by atoms with Crippen molar-refractivity contribution in [3.8, 4) is 5.75 Å². The zero-order valence-corrected chi connectivity index (χ0v) is 16.3. The summed E-state index contributed by atoms with van der Waals surface area (Å²) in [4.78, 5) is 43.8. The molecule has 3 aromatic rings. The molecule has 1 fully saturated rings. The minimum atomic E-state index is -1.55. The third kappa shape index (κ3) is 2.62. The molecule has 9 heteroatoms. The fraction of sp³-hybridized carbons (Fsp3) is 0.238. The van der Waals surface area contributed by atoms with E-state index in [1.54, 1.807) is 30.5 Å². The Hall–Kier alpha value is -3.88. The number of aryl methyl sites for hydroxylation is 1. The Kier molecular flexibility index (Phi) is 3.82. The van der Waals surface area contributed by atoms with Crippen LogP contribution in [0.1, 0.15) is 27.2 Å². The number of carbonyl (C=O) groups excluding carboxylic acids is 3. The molecule has 1 atom stereocenters. The molecule has 4 heterocycles. The number of pyridine rings is 1. The van der Waals surface area contributed by atoms with Crippen LogP contribution >= 0.6 is 0 Å². The normalized spacial score (nSPS) is 20.5. The molecule has 0 radical (unpaired) electrons. The summed E-state index contributed by atoms with van der Waals surface area (Å²) in [5.74, 6) is -0.0310. The summed E-state index contributed by atoms with van der Waals surface area (Å²) in [6.07, 6.45) is 1.69. The SMILES string of the molecule is COc1ccc2c(c1)C(=O)N(C[C@@]1(c3cc4ncc(C)cc4o3)NC(=O)NC1=O)C2. The van der Waals surface area contributed by atoms with Gasteiger partial charge in [0.15, 0.2) is 11.1 Å². The molecule has 5 rings (SSSR count). The molecule has 30 heavy (non-hydrogen) atoms. The van der Waals surface area contributed by atoms with Crippen LogP contribution < -0.4 is 15.4 Å². The van der Waals surface area contributed by atoms with E-state index in [9.17, 15) is 14.4 Å². The molecule has 2 aliphatic rings. The lowest BCUT2D eigenvalue weighted by Crippen LogP contribution is -2.52. The lowest BCUT2D eigenvalue weighted by molar-refractivity contribution is -0.125. The van der Waals surface area contributed by atoms with E-state index < -0.39 is 17.5 Å². The number of rotatable bonds is 4. The van der Waals surface area contributed by atoms with Gasteiger partial charge in [-0.15, -0.1) is 0 Å². The molecule has 9 nitrogen and oxygen atoms in total. The molecule has 1 saturated heterocycles. The van der Waals surface area contributed by atoms with Gasteiger partial charge in [-0.1, -0.05) is 6.07 Å². The van der Waals surface area contributed by atoms with E-state index in [1.165, 1.54) is 12.0 Å². The highest BCUT2D eigenvalue weighted by Crippen LogP contribution is 2.34. The average molecular weight is 406 g/mol. The number of furan rings is 1. The summed E-state index contributed by atoms with van der Waals surface area (Å²) in [6.45, 7) is 2.10. The van der Waals surface area contributed by atoms with Crippen LogP contribution in [0.5, 0.6) is 5.75 Å². The molecule has 152 valence electrons. The van der Waals surface area contributed by atoms with E-state index in [-0.39, 0.29) is 18.2 Å². The molecular formula is C21H18N4O5. The molecular weight excluding hydrogens is 388 g/mol. The van der Waals surface area contributed by atoms with Gasteiger partial charge in [-0.25, -0.2) is 4.79 Å². The highest BCUT2D eigenvalue weighted by atomic mass is 16.5. The second-order valence-corrected chi connectivity index (χ2v) is 7.50. The number of ether oxygens (including phenoxy) is 1. The van der Waals surface area contributed by atoms with Gasteiger partial charge in [-0.2, -0.15) is 0 Å². The average Bonchev–Trinajstić information content (AvgIpc) is 3.36. The summed E-state index contributed by atoms with van der Waals surface area (Å²) in [6, 6.07) is 8.05. The zero-order valence-electron chi connectivity index (χ0n) is 16.3. The number of aromatic nitrogens is 1. The van der Waals surface area contributed by atoms with Crippen molar-refractivity contribution >= 4 is 28.9 Å². The predicted molar refractivity (Wildman–Crippen MR) is 105 cm³/mol. The van der Waals surface area contributed by atoms with Crippen molar-refractivity contribution in [2.24, 2.45) is 0 Å². The molecule has 0 spiro atoms. The Morgan fingerprint density at radius 1 is 1.23 bits per heavy atom. The highest BCUT2D eigenvalue weighted by Gasteiger charge is 2.53. The smallest absolute Gasteiger partial charge is 0.322 e. The number of hydrogen-bond acceptors (Lipinski definition) is 6. The van der Waals surface area contributed by atoms with Crippen molar-refractivity contribution < 1.29 is 23.5 Å². The number of nitrogens with one attached hydrogen (secondary N) is 2. The van der Waals surface area contributed by atoms with Crippen LogP contribution in [0.2, 0.25) is 0 Å². The van der Waals surface area contributed by atoms with Crippen LogP contribution in [0.15, 0.2) is 40.9 Å². The molecule has 2 aliphatic heterocycles. The second kappa shape index (κ2) is 6.31. The van der Waals surface area contributed by atoms with Gasteiger partial charge in [-0.3, -0.25) is 19.9 Å². The maximum Gasteiger partial charge on any atom is 0.322 e. The van der Waals surface area contributed by atoms with Gasteiger partial charge in [0.1, 0.15) is 17.0 Å². The first-order valence-corrected chi connectivity index (χ1v) is 9.36. The Bertz CT molecular complexity index is 1230. The minimum Gasteiger partial charge on any atom is -0.497 e. The van der Waals surface area contributed by atoms with Crippen molar-refractivity contribution in [1.29, 1.82) is 0 Å². The molecule has 1 aromatic carbocycles. The Labute approximate surface area is 171 Å². The predicted octanol–water partition coefficient (Wildman–Crippen LogP) is 1.84. The number of carbonyl (C=O) groups is 3. The summed E-state index contributed by atoms with van der Waals surface area (Å²) in [7, 11) is 1.53. The summed E-state index contributed by atoms with van der Waals surface area (Å²) < 4.78 is 11.1. The van der Waals surface area contributed by atoms with E-state index in [4.69, 9.17) is 9.15 Å². The lowest BCUT2D eigenvalue weighted by atomic mass is 9.95. The van der Waals surface area contributed by atoms with Gasteiger partial charge < -0.3 is 19.4 Å². The van der Waals surface area contributed by atoms with Gasteiger partial charge in [0.2, 0.25) is 0 Å². The van der Waals surface area contributed by atoms with E-state index in [0.29, 0.717) is 29.0 Å². The van der Waals surface area contributed by atoms with E-state index in [2.05, 4.69) is 15.6 Å². The third-order valence-electron chi connectivity index (χ3n) is 5.49. The van der Waals surface area contributed by atoms with Gasteiger partial charge in [0.25, 0.3) is 11.8 Å². The fourth-order valence-corrected chi connectivity index (χ4v) is 3.96. The number of amides is 4. The number of benzene rings is 1. The summed E-state index contributed by atoms with van der Waals surface area (Å²) in [5.41, 5.74) is 1.74. The Morgan fingerprint density at radius 2 is 2.07 bits per heavy atom. The van der Waals surface area contributed by atoms with Crippen molar-refractivity contribution in [3.63, 3.8) is 0 Å². The van der Waals surface area contributed by atoms with Gasteiger partial charge in [0.05, 0.1) is 13.7 Å². The molecule has 4 amide bonds. The molecule has 0 aliphatic carbocycles. The van der Waals surface area contributed by atoms with Crippen LogP contribution in [-0.4, -0.2) is 41.4 Å². The van der Waals surface area contributed by atoms with Crippen molar-refractivity contribution in [2.45, 2.75) is 19.0 Å². The largest absolute Gasteiger partial charge is 0.497 e. The third-order valence-corrected chi connectivity index (χ3v) is 5.49. The first-order valence-electron chi connectivity index (χ1n) is 9.36. The van der Waals surface area contributed by atoms with E-state index in [1.807, 2.05) is 13.0 Å². The fourth-order valence-electron chi connectivity index (χ4n) is 3.96. The number of nitrogens with zero attached hydrogens (tertiary/aromatic N) is 2. The van der Waals surface area contributed by atoms with Crippen LogP contribution in [0.3, 0.4) is 0 Å². The molecule has 2 N–H and O–H groups in total. The van der Waals surface area contributed by atoms with Crippen LogP contribution in [0, 0.1) is 6.92 Å². The number of hydrogen-bond donors (Lipinski definition) is 2. The number of urea groups is 1. The number of imide groups is 1. The second-order valence-electron chi connectivity index (χ2n) is 7.50. The molecule has 0 saturated carbocycles. The topological polar surface area (TPSA) is 114 Å². The standard InChI is InChI=1S/C21H18N4O5/c1-11-5-16-15(22-8-11)7-17(30-16)21(19(27)23-20(28)24-21)10-25-9-12-3-4-13(29-2)6-14(12)18(25)26/h3-8H,9-10H2,1-2H3,(H2,23,24,27,28)/t21-/m0/s1. The number of methoxy groups -OCH3 is 1. The van der Waals surface area contributed by atoms with Crippen LogP contribution in [0.25, 0.3) is 11.1 Å². The highest BCUT2D eigenvalue weighted by molar-refractivity contribution is 6.08. The monoisotopic (exact) mass is 406 g/mol. The Balaban J connectivity index is 1.55. The van der Waals surface area contributed by atoms with Crippen molar-refractivity contribution in [3.05, 3.63) is 59.0 Å². The molecule has 0 unspecified atom stereocenters. The lowest BCUT2D eigenvalue weighted by Gasteiger charge is -2.28. The summed E-state index contributed by atoms with van der Waals surface area (Å²) >= 11 is 0. The molecule has 0 bridgehead atoms. The number of fused-ring (bicyclic) bond motifs is 2. The molecule has 2 aromatic heterocycles. The van der Waals surface area contributed by atoms with Gasteiger partial charge in [0, 0.05) is 24.4 Å². The van der Waals surface area contributed by atoms with E-state index in [0.717, 1.165) is 11.1 Å². The summed E-state index contributed by atoms with van der Waals surface area (Å²) in [5, 5.41) is 4.93. The van der Waals surface area contributed by atoms with E-state index >= 15 is 0 Å². The van der Waals surface area contributed by atoms with Gasteiger partial charge >= 0.3 is 6.03 Å².